The maximum absolute atomic E-state index is 12.1. The van der Waals surface area contributed by atoms with E-state index in [1.165, 1.54) is 18.2 Å². The Balaban J connectivity index is 2.98. The quantitative estimate of drug-likeness (QED) is 0.195. The van der Waals surface area contributed by atoms with E-state index in [0.717, 1.165) is 0 Å². The minimum absolute atomic E-state index is 0.0520. The third-order valence-corrected chi connectivity index (χ3v) is 3.07. The zero-order valence-corrected chi connectivity index (χ0v) is 18.1. The highest BCUT2D eigenvalue weighted by Crippen LogP contribution is 2.29. The molecule has 0 saturated carbocycles. The fourth-order valence-electron chi connectivity index (χ4n) is 2.12. The second-order valence-electron chi connectivity index (χ2n) is 8.22. The summed E-state index contributed by atoms with van der Waals surface area (Å²) in [6, 6.07) is 4.18. The van der Waals surface area contributed by atoms with E-state index < -0.39 is 42.1 Å². The second kappa shape index (κ2) is 10.5. The number of hydrogen-bond acceptors (Lipinski definition) is 8. The number of esters is 2. The van der Waals surface area contributed by atoms with Crippen molar-refractivity contribution < 1.29 is 33.3 Å². The molecular formula is C20H27N3O7. The normalized spacial score (nSPS) is 11.1. The maximum Gasteiger partial charge on any atom is 0.344 e. The van der Waals surface area contributed by atoms with E-state index >= 15 is 0 Å². The van der Waals surface area contributed by atoms with Crippen molar-refractivity contribution in [1.82, 2.24) is 0 Å². The lowest BCUT2D eigenvalue weighted by atomic mass is 10.1. The molecule has 0 aliphatic carbocycles. The first-order valence-electron chi connectivity index (χ1n) is 9.18. The Morgan fingerprint density at radius 1 is 0.900 bits per heavy atom. The summed E-state index contributed by atoms with van der Waals surface area (Å²) >= 11 is 0. The van der Waals surface area contributed by atoms with Gasteiger partial charge in [-0.3, -0.25) is 4.79 Å². The van der Waals surface area contributed by atoms with Gasteiger partial charge in [0, 0.05) is 10.5 Å². The smallest absolute Gasteiger partial charge is 0.344 e. The van der Waals surface area contributed by atoms with Crippen LogP contribution in [0.5, 0.6) is 11.5 Å². The van der Waals surface area contributed by atoms with Gasteiger partial charge in [0.2, 0.25) is 0 Å². The molecule has 0 aliphatic rings. The largest absolute Gasteiger partial charge is 0.478 e. The molecule has 0 amide bonds. The summed E-state index contributed by atoms with van der Waals surface area (Å²) in [5, 5.41) is 3.23. The predicted molar refractivity (Wildman–Crippen MR) is 107 cm³/mol. The van der Waals surface area contributed by atoms with Crippen molar-refractivity contribution in [2.75, 3.05) is 19.8 Å². The van der Waals surface area contributed by atoms with Gasteiger partial charge in [-0.2, -0.15) is 0 Å². The number of nitrogens with zero attached hydrogens (tertiary/aromatic N) is 3. The van der Waals surface area contributed by atoms with E-state index in [1.807, 2.05) is 0 Å². The molecule has 0 saturated heterocycles. The fraction of sp³-hybridized carbons (Fsp3) is 0.550. The van der Waals surface area contributed by atoms with Crippen LogP contribution in [0, 0.1) is 0 Å². The van der Waals surface area contributed by atoms with Crippen molar-refractivity contribution in [2.24, 2.45) is 5.11 Å². The maximum atomic E-state index is 12.1. The molecule has 0 fully saturated rings. The summed E-state index contributed by atoms with van der Waals surface area (Å²) in [7, 11) is 0. The topological polar surface area (TPSA) is 137 Å². The Morgan fingerprint density at radius 2 is 1.40 bits per heavy atom. The third kappa shape index (κ3) is 9.79. The summed E-state index contributed by atoms with van der Waals surface area (Å²) in [5.74, 6) is -1.48. The number of rotatable bonds is 9. The van der Waals surface area contributed by atoms with Gasteiger partial charge in [0.1, 0.15) is 11.2 Å². The zero-order valence-electron chi connectivity index (χ0n) is 18.1. The molecule has 30 heavy (non-hydrogen) atoms. The van der Waals surface area contributed by atoms with Crippen LogP contribution in [0.15, 0.2) is 23.3 Å². The van der Waals surface area contributed by atoms with Crippen molar-refractivity contribution in [1.29, 1.82) is 0 Å². The molecule has 0 aromatic heterocycles. The summed E-state index contributed by atoms with van der Waals surface area (Å²) in [6.45, 7) is 9.12. The van der Waals surface area contributed by atoms with Crippen molar-refractivity contribution in [3.05, 3.63) is 34.2 Å². The number of benzene rings is 1. The molecule has 164 valence electrons. The summed E-state index contributed by atoms with van der Waals surface area (Å²) in [5.41, 5.74) is 7.19. The Bertz CT molecular complexity index is 832. The minimum atomic E-state index is -0.691. The summed E-state index contributed by atoms with van der Waals surface area (Å²) in [6.07, 6.45) is 0. The molecule has 1 aromatic rings. The van der Waals surface area contributed by atoms with Gasteiger partial charge < -0.3 is 18.9 Å². The molecule has 10 nitrogen and oxygen atoms in total. The van der Waals surface area contributed by atoms with Gasteiger partial charge >= 0.3 is 11.9 Å². The number of carbonyl (C=O) groups is 3. The molecule has 1 aromatic carbocycles. The van der Waals surface area contributed by atoms with Crippen molar-refractivity contribution in [3.63, 3.8) is 0 Å². The Labute approximate surface area is 175 Å². The van der Waals surface area contributed by atoms with Crippen LogP contribution in [0.25, 0.3) is 10.4 Å². The van der Waals surface area contributed by atoms with Crippen molar-refractivity contribution in [3.8, 4) is 11.5 Å². The van der Waals surface area contributed by atoms with E-state index in [-0.39, 0.29) is 23.6 Å². The fourth-order valence-corrected chi connectivity index (χ4v) is 2.12. The first-order chi connectivity index (χ1) is 13.8. The highest BCUT2D eigenvalue weighted by molar-refractivity contribution is 5.98. The Kier molecular flexibility index (Phi) is 8.67. The van der Waals surface area contributed by atoms with Gasteiger partial charge in [0.25, 0.3) is 0 Å². The molecule has 0 bridgehead atoms. The number of ketones is 1. The van der Waals surface area contributed by atoms with Crippen LogP contribution >= 0.6 is 0 Å². The number of Topliss-reactive ketones (excluding diaryl/α,β-unsaturated/α-hetero) is 1. The SMILES string of the molecule is CC(C)(C)OC(=O)COc1ccc(C(=O)CN=[N+]=[N-])cc1OCC(=O)OC(C)(C)C. The molecule has 0 radical (unpaired) electrons. The number of carbonyl (C=O) groups excluding carboxylic acids is 3. The lowest BCUT2D eigenvalue weighted by Crippen LogP contribution is -2.28. The monoisotopic (exact) mass is 421 g/mol. The van der Waals surface area contributed by atoms with Gasteiger partial charge in [-0.05, 0) is 65.3 Å². The van der Waals surface area contributed by atoms with Crippen molar-refractivity contribution in [2.45, 2.75) is 52.7 Å². The van der Waals surface area contributed by atoms with Crippen LogP contribution < -0.4 is 9.47 Å². The zero-order chi connectivity index (χ0) is 22.9. The lowest BCUT2D eigenvalue weighted by molar-refractivity contribution is -0.158. The van der Waals surface area contributed by atoms with Gasteiger partial charge in [-0.15, -0.1) is 0 Å². The van der Waals surface area contributed by atoms with E-state index in [2.05, 4.69) is 10.0 Å². The van der Waals surface area contributed by atoms with Crippen LogP contribution in [0.1, 0.15) is 51.9 Å². The summed E-state index contributed by atoms with van der Waals surface area (Å²) in [4.78, 5) is 38.5. The Hall–Kier alpha value is -3.26. The van der Waals surface area contributed by atoms with Gasteiger partial charge in [-0.1, -0.05) is 5.11 Å². The van der Waals surface area contributed by atoms with Gasteiger partial charge in [-0.25, -0.2) is 9.59 Å². The Morgan fingerprint density at radius 3 is 1.87 bits per heavy atom. The van der Waals surface area contributed by atoms with Crippen LogP contribution in [0.2, 0.25) is 0 Å². The van der Waals surface area contributed by atoms with E-state index in [9.17, 15) is 14.4 Å². The molecule has 0 aliphatic heterocycles. The van der Waals surface area contributed by atoms with Crippen LogP contribution in [0.4, 0.5) is 0 Å². The van der Waals surface area contributed by atoms with Crippen LogP contribution in [-0.4, -0.2) is 48.7 Å². The minimum Gasteiger partial charge on any atom is -0.478 e. The first kappa shape index (κ1) is 24.8. The van der Waals surface area contributed by atoms with E-state index in [0.29, 0.717) is 0 Å². The highest BCUT2D eigenvalue weighted by atomic mass is 16.6. The molecule has 0 spiro atoms. The molecular weight excluding hydrogens is 394 g/mol. The average Bonchev–Trinajstić information content (AvgIpc) is 2.60. The molecule has 0 atom stereocenters. The lowest BCUT2D eigenvalue weighted by Gasteiger charge is -2.21. The number of ether oxygens (including phenoxy) is 4. The average molecular weight is 421 g/mol. The number of hydrogen-bond donors (Lipinski definition) is 0. The van der Waals surface area contributed by atoms with Crippen LogP contribution in [-0.2, 0) is 19.1 Å². The molecule has 1 rings (SSSR count). The molecule has 10 heteroatoms. The van der Waals surface area contributed by atoms with Crippen molar-refractivity contribution >= 4 is 17.7 Å². The first-order valence-corrected chi connectivity index (χ1v) is 9.18. The summed E-state index contributed by atoms with van der Waals surface area (Å²) < 4.78 is 21.3. The standard InChI is InChI=1S/C20H27N3O7/c1-19(2,3)29-17(25)11-27-15-8-7-13(14(24)10-22-23-21)9-16(15)28-12-18(26)30-20(4,5)6/h7-9H,10-12H2,1-6H3. The van der Waals surface area contributed by atoms with E-state index in [1.54, 1.807) is 41.5 Å². The molecule has 0 unspecified atom stereocenters. The van der Waals surface area contributed by atoms with Gasteiger partial charge in [0.15, 0.2) is 30.5 Å². The molecule has 0 N–H and O–H groups in total. The number of azide groups is 1. The second-order valence-corrected chi connectivity index (χ2v) is 8.22. The van der Waals surface area contributed by atoms with Gasteiger partial charge in [0.05, 0.1) is 6.54 Å². The predicted octanol–water partition coefficient (Wildman–Crippen LogP) is 3.62. The highest BCUT2D eigenvalue weighted by Gasteiger charge is 2.20. The van der Waals surface area contributed by atoms with E-state index in [4.69, 9.17) is 24.5 Å². The molecule has 0 heterocycles. The third-order valence-electron chi connectivity index (χ3n) is 3.07. The van der Waals surface area contributed by atoms with Crippen LogP contribution in [0.3, 0.4) is 0 Å².